The molecule has 4 aromatic rings. The average molecular weight is 378 g/mol. The number of aryl methyl sites for hydroxylation is 1. The number of nitrogens with zero attached hydrogens (tertiary/aromatic N) is 2. The highest BCUT2D eigenvalue weighted by atomic mass is 32.2. The summed E-state index contributed by atoms with van der Waals surface area (Å²) in [6, 6.07) is 15.8. The molecule has 2 N–H and O–H groups in total. The smallest absolute Gasteiger partial charge is 0.218 e. The van der Waals surface area contributed by atoms with E-state index in [1.165, 1.54) is 17.5 Å². The lowest BCUT2D eigenvalue weighted by Gasteiger charge is -2.07. The van der Waals surface area contributed by atoms with E-state index in [-0.39, 0.29) is 0 Å². The van der Waals surface area contributed by atoms with Crippen LogP contribution < -0.4 is 4.72 Å². The molecule has 3 aromatic heterocycles. The minimum absolute atomic E-state index is 0.449. The summed E-state index contributed by atoms with van der Waals surface area (Å²) in [6.07, 6.45) is 4.18. The molecule has 0 aliphatic carbocycles. The van der Waals surface area contributed by atoms with Crippen LogP contribution in [0.4, 0.5) is 10.2 Å². The van der Waals surface area contributed by atoms with E-state index in [9.17, 15) is 4.39 Å². The van der Waals surface area contributed by atoms with Gasteiger partial charge < -0.3 is 9.71 Å². The van der Waals surface area contributed by atoms with Crippen molar-refractivity contribution in [2.24, 2.45) is 0 Å². The second-order valence-electron chi connectivity index (χ2n) is 6.42. The molecule has 0 spiro atoms. The van der Waals surface area contributed by atoms with Gasteiger partial charge in [0.2, 0.25) is 5.95 Å². The predicted octanol–water partition coefficient (Wildman–Crippen LogP) is 5.26. The first-order chi connectivity index (χ1) is 13.2. The maximum atomic E-state index is 14.5. The summed E-state index contributed by atoms with van der Waals surface area (Å²) >= 11 is 1.49. The van der Waals surface area contributed by atoms with Crippen molar-refractivity contribution in [2.75, 3.05) is 4.72 Å². The van der Waals surface area contributed by atoms with Crippen LogP contribution in [0.5, 0.6) is 0 Å². The van der Waals surface area contributed by atoms with Gasteiger partial charge in [0.25, 0.3) is 0 Å². The average Bonchev–Trinajstić information content (AvgIpc) is 3.07. The monoisotopic (exact) mass is 378 g/mol. The molecule has 0 unspecified atom stereocenters. The van der Waals surface area contributed by atoms with Crippen molar-refractivity contribution in [2.45, 2.75) is 19.1 Å². The van der Waals surface area contributed by atoms with Crippen molar-refractivity contribution >= 4 is 28.8 Å². The number of pyridine rings is 2. The fourth-order valence-electron chi connectivity index (χ4n) is 2.93. The number of benzene rings is 1. The molecule has 136 valence electrons. The number of aromatic nitrogens is 3. The van der Waals surface area contributed by atoms with E-state index in [1.807, 2.05) is 43.6 Å². The summed E-state index contributed by atoms with van der Waals surface area (Å²) in [6.45, 7) is 2.00. The second-order valence-corrected chi connectivity index (χ2v) is 7.20. The number of hydrogen-bond acceptors (Lipinski definition) is 4. The normalized spacial score (nSPS) is 11.0. The van der Waals surface area contributed by atoms with E-state index in [0.29, 0.717) is 17.8 Å². The largest absolute Gasteiger partial charge is 0.346 e. The molecule has 4 nitrogen and oxygen atoms in total. The summed E-state index contributed by atoms with van der Waals surface area (Å²) < 4.78 is 17.6. The zero-order valence-corrected chi connectivity index (χ0v) is 15.7. The lowest BCUT2D eigenvalue weighted by Crippen LogP contribution is -1.99. The fraction of sp³-hybridized carbons (Fsp3) is 0.143. The highest BCUT2D eigenvalue weighted by Crippen LogP contribution is 2.23. The highest BCUT2D eigenvalue weighted by Gasteiger charge is 2.11. The minimum atomic E-state index is -0.449. The molecule has 0 saturated heterocycles. The molecule has 4 rings (SSSR count). The number of aromatic amines is 1. The zero-order chi connectivity index (χ0) is 18.6. The summed E-state index contributed by atoms with van der Waals surface area (Å²) in [5, 5.41) is 1.02. The fourth-order valence-corrected chi connectivity index (χ4v) is 3.63. The zero-order valence-electron chi connectivity index (χ0n) is 14.9. The van der Waals surface area contributed by atoms with Gasteiger partial charge in [0.15, 0.2) is 0 Å². The Labute approximate surface area is 161 Å². The molecule has 0 saturated carbocycles. The second kappa shape index (κ2) is 7.80. The van der Waals surface area contributed by atoms with Crippen molar-refractivity contribution in [1.29, 1.82) is 0 Å². The van der Waals surface area contributed by atoms with Crippen molar-refractivity contribution < 1.29 is 4.39 Å². The highest BCUT2D eigenvalue weighted by molar-refractivity contribution is 7.99. The first-order valence-corrected chi connectivity index (χ1v) is 9.67. The Kier molecular flexibility index (Phi) is 5.07. The van der Waals surface area contributed by atoms with Gasteiger partial charge in [-0.15, -0.1) is 0 Å². The molecule has 1 aromatic carbocycles. The molecule has 3 heterocycles. The molecular formula is C21H19FN4S. The molecule has 27 heavy (non-hydrogen) atoms. The van der Waals surface area contributed by atoms with Gasteiger partial charge in [0.1, 0.15) is 11.5 Å². The summed E-state index contributed by atoms with van der Waals surface area (Å²) in [5.74, 6) is 0.858. The van der Waals surface area contributed by atoms with Crippen molar-refractivity contribution in [3.05, 3.63) is 89.1 Å². The number of hydrogen-bond donors (Lipinski definition) is 2. The van der Waals surface area contributed by atoms with Gasteiger partial charge in [-0.25, -0.2) is 9.97 Å². The summed E-state index contributed by atoms with van der Waals surface area (Å²) in [4.78, 5) is 11.6. The molecule has 0 radical (unpaired) electrons. The number of fused-ring (bicyclic) bond motifs is 1. The van der Waals surface area contributed by atoms with E-state index in [0.717, 1.165) is 27.9 Å². The Morgan fingerprint density at radius 1 is 1.11 bits per heavy atom. The van der Waals surface area contributed by atoms with Crippen LogP contribution in [-0.4, -0.2) is 15.0 Å². The van der Waals surface area contributed by atoms with Gasteiger partial charge in [-0.3, -0.25) is 0 Å². The molecule has 6 heteroatoms. The first-order valence-electron chi connectivity index (χ1n) is 8.69. The number of rotatable bonds is 6. The molecule has 0 aliphatic heterocycles. The maximum absolute atomic E-state index is 14.5. The van der Waals surface area contributed by atoms with Gasteiger partial charge >= 0.3 is 0 Å². The molecular weight excluding hydrogens is 359 g/mol. The van der Waals surface area contributed by atoms with Crippen LogP contribution in [0.25, 0.3) is 11.0 Å². The Balaban J connectivity index is 1.44. The Morgan fingerprint density at radius 3 is 2.78 bits per heavy atom. The molecule has 0 bridgehead atoms. The topological polar surface area (TPSA) is 53.6 Å². The Hall–Kier alpha value is -2.86. The lowest BCUT2D eigenvalue weighted by molar-refractivity contribution is 0.572. The first kappa shape index (κ1) is 17.5. The van der Waals surface area contributed by atoms with Gasteiger partial charge in [-0.1, -0.05) is 36.4 Å². The van der Waals surface area contributed by atoms with Crippen LogP contribution in [0.1, 0.15) is 22.3 Å². The molecule has 0 fully saturated rings. The third-order valence-electron chi connectivity index (χ3n) is 4.32. The molecule has 0 aliphatic rings. The van der Waals surface area contributed by atoms with Crippen LogP contribution in [-0.2, 0) is 12.2 Å². The third kappa shape index (κ3) is 4.11. The van der Waals surface area contributed by atoms with Crippen molar-refractivity contribution in [3.63, 3.8) is 0 Å². The van der Waals surface area contributed by atoms with E-state index < -0.39 is 5.95 Å². The van der Waals surface area contributed by atoms with Crippen LogP contribution >= 0.6 is 11.9 Å². The van der Waals surface area contributed by atoms with E-state index >= 15 is 0 Å². The van der Waals surface area contributed by atoms with Gasteiger partial charge in [-0.2, -0.15) is 4.39 Å². The number of H-pyrrole nitrogens is 1. The third-order valence-corrected chi connectivity index (χ3v) is 5.15. The van der Waals surface area contributed by atoms with Crippen LogP contribution in [0.3, 0.4) is 0 Å². The lowest BCUT2D eigenvalue weighted by atomic mass is 10.1. The standard InChI is InChI=1S/C21H19FN4S/c1-14-9-18-17(12-24-21(18)23-11-14)10-16-7-8-19(25-20(16)22)26-27-13-15-5-3-2-4-6-15/h2-9,11-12H,10,13H2,1H3,(H,23,24)(H,25,26). The molecule has 0 atom stereocenters. The Bertz CT molecular complexity index is 1060. The SMILES string of the molecule is Cc1cnc2[nH]cc(Cc3ccc(NSCc4ccccc4)nc3F)c2c1. The quantitative estimate of drug-likeness (QED) is 0.355. The summed E-state index contributed by atoms with van der Waals surface area (Å²) in [5.41, 5.74) is 4.68. The predicted molar refractivity (Wildman–Crippen MR) is 109 cm³/mol. The minimum Gasteiger partial charge on any atom is -0.346 e. The van der Waals surface area contributed by atoms with Crippen LogP contribution in [0, 0.1) is 12.9 Å². The number of anilines is 1. The number of nitrogens with one attached hydrogen (secondary N) is 2. The summed E-state index contributed by atoms with van der Waals surface area (Å²) in [7, 11) is 0. The van der Waals surface area contributed by atoms with Gasteiger partial charge in [-0.05, 0) is 47.7 Å². The van der Waals surface area contributed by atoms with Gasteiger partial charge in [0, 0.05) is 35.5 Å². The molecule has 0 amide bonds. The number of halogens is 1. The van der Waals surface area contributed by atoms with E-state index in [1.54, 1.807) is 6.07 Å². The van der Waals surface area contributed by atoms with Crippen LogP contribution in [0.2, 0.25) is 0 Å². The van der Waals surface area contributed by atoms with E-state index in [2.05, 4.69) is 37.9 Å². The van der Waals surface area contributed by atoms with Gasteiger partial charge in [0.05, 0.1) is 0 Å². The van der Waals surface area contributed by atoms with Crippen molar-refractivity contribution in [1.82, 2.24) is 15.0 Å². The van der Waals surface area contributed by atoms with E-state index in [4.69, 9.17) is 0 Å². The van der Waals surface area contributed by atoms with Crippen LogP contribution in [0.15, 0.2) is 60.9 Å². The maximum Gasteiger partial charge on any atom is 0.218 e. The van der Waals surface area contributed by atoms with Crippen molar-refractivity contribution in [3.8, 4) is 0 Å². The Morgan fingerprint density at radius 2 is 1.96 bits per heavy atom.